The third-order valence-corrected chi connectivity index (χ3v) is 8.98. The summed E-state index contributed by atoms with van der Waals surface area (Å²) in [6.07, 6.45) is -4.65. The number of nitrogens with one attached hydrogen (secondary N) is 1. The highest BCUT2D eigenvalue weighted by molar-refractivity contribution is 7.92. The van der Waals surface area contributed by atoms with E-state index in [-0.39, 0.29) is 28.8 Å². The number of alkyl halides is 3. The van der Waals surface area contributed by atoms with Crippen LogP contribution in [-0.4, -0.2) is 44.3 Å². The van der Waals surface area contributed by atoms with E-state index < -0.39 is 51.9 Å². The minimum Gasteiger partial charge on any atom is -0.354 e. The number of nitrogens with zero attached hydrogens (tertiary/aromatic N) is 2. The molecule has 0 aliphatic carbocycles. The molecule has 13 heteroatoms. The number of hydrogen-bond donors (Lipinski definition) is 1. The van der Waals surface area contributed by atoms with Crippen LogP contribution < -0.4 is 9.62 Å². The van der Waals surface area contributed by atoms with Gasteiger partial charge in [-0.05, 0) is 54.3 Å². The number of amides is 2. The smallest absolute Gasteiger partial charge is 0.354 e. The van der Waals surface area contributed by atoms with Crippen LogP contribution in [0.2, 0.25) is 10.0 Å². The van der Waals surface area contributed by atoms with Crippen molar-refractivity contribution in [3.63, 3.8) is 0 Å². The van der Waals surface area contributed by atoms with E-state index in [1.807, 2.05) is 13.8 Å². The second kappa shape index (κ2) is 14.5. The Kier molecular flexibility index (Phi) is 11.5. The summed E-state index contributed by atoms with van der Waals surface area (Å²) in [5.41, 5.74) is -1.20. The number of sulfonamides is 1. The standard InChI is InChI=1S/C30H32Cl2F3N3O4S/c1-4-26(29(40)36-17-20(2)3)37(18-21-10-8-9-13-24(21)31)28(39)19-38(43(41,42)23-11-6-5-7-12-23)27-16-22(30(33,34)35)14-15-25(27)32/h5-16,20,26H,4,17-19H2,1-3H3,(H,36,40)/t26-/m0/s1. The van der Waals surface area contributed by atoms with Crippen molar-refractivity contribution < 1.29 is 31.2 Å². The van der Waals surface area contributed by atoms with Gasteiger partial charge in [-0.1, -0.05) is 80.4 Å². The molecule has 3 aromatic rings. The monoisotopic (exact) mass is 657 g/mol. The van der Waals surface area contributed by atoms with Crippen LogP contribution in [0.25, 0.3) is 0 Å². The topological polar surface area (TPSA) is 86.8 Å². The molecule has 0 aliphatic rings. The van der Waals surface area contributed by atoms with Crippen molar-refractivity contribution in [1.29, 1.82) is 0 Å². The first-order valence-corrected chi connectivity index (χ1v) is 15.6. The minimum atomic E-state index is -4.82. The van der Waals surface area contributed by atoms with Gasteiger partial charge in [-0.15, -0.1) is 0 Å². The molecule has 1 atom stereocenters. The maximum atomic E-state index is 14.1. The molecule has 3 aromatic carbocycles. The highest BCUT2D eigenvalue weighted by Gasteiger charge is 2.37. The van der Waals surface area contributed by atoms with Gasteiger partial charge in [0.25, 0.3) is 10.0 Å². The first-order chi connectivity index (χ1) is 20.2. The van der Waals surface area contributed by atoms with E-state index in [9.17, 15) is 31.2 Å². The van der Waals surface area contributed by atoms with Crippen molar-refractivity contribution in [2.45, 2.75) is 50.9 Å². The van der Waals surface area contributed by atoms with Crippen LogP contribution in [0.4, 0.5) is 18.9 Å². The van der Waals surface area contributed by atoms with Gasteiger partial charge in [-0.25, -0.2) is 8.42 Å². The summed E-state index contributed by atoms with van der Waals surface area (Å²) in [6.45, 7) is 4.71. The van der Waals surface area contributed by atoms with Crippen molar-refractivity contribution in [2.24, 2.45) is 5.92 Å². The average molecular weight is 659 g/mol. The average Bonchev–Trinajstić information content (AvgIpc) is 2.95. The SMILES string of the molecule is CC[C@@H](C(=O)NCC(C)C)N(Cc1ccccc1Cl)C(=O)CN(c1cc(C(F)(F)F)ccc1Cl)S(=O)(=O)c1ccccc1. The highest BCUT2D eigenvalue weighted by atomic mass is 35.5. The Hall–Kier alpha value is -3.28. The zero-order valence-electron chi connectivity index (χ0n) is 23.7. The molecule has 0 fully saturated rings. The molecule has 0 saturated carbocycles. The molecule has 3 rings (SSSR count). The van der Waals surface area contributed by atoms with Crippen LogP contribution in [0.5, 0.6) is 0 Å². The highest BCUT2D eigenvalue weighted by Crippen LogP contribution is 2.37. The van der Waals surface area contributed by atoms with Gasteiger partial charge in [-0.2, -0.15) is 13.2 Å². The van der Waals surface area contributed by atoms with Gasteiger partial charge < -0.3 is 10.2 Å². The van der Waals surface area contributed by atoms with Gasteiger partial charge in [0.2, 0.25) is 11.8 Å². The van der Waals surface area contributed by atoms with E-state index in [0.717, 1.165) is 12.1 Å². The van der Waals surface area contributed by atoms with E-state index in [2.05, 4.69) is 5.32 Å². The second-order valence-corrected chi connectivity index (χ2v) is 12.8. The van der Waals surface area contributed by atoms with Gasteiger partial charge in [0, 0.05) is 18.1 Å². The summed E-state index contributed by atoms with van der Waals surface area (Å²) in [6, 6.07) is 14.8. The summed E-state index contributed by atoms with van der Waals surface area (Å²) in [7, 11) is -4.62. The zero-order valence-corrected chi connectivity index (χ0v) is 26.1. The van der Waals surface area contributed by atoms with Crippen LogP contribution in [0, 0.1) is 5.92 Å². The lowest BCUT2D eigenvalue weighted by atomic mass is 10.1. The third kappa shape index (κ3) is 8.64. The molecule has 0 bridgehead atoms. The van der Waals surface area contributed by atoms with E-state index in [1.165, 1.54) is 29.2 Å². The molecule has 0 saturated heterocycles. The Morgan fingerprint density at radius 1 is 0.930 bits per heavy atom. The molecule has 0 unspecified atom stereocenters. The molecule has 7 nitrogen and oxygen atoms in total. The maximum Gasteiger partial charge on any atom is 0.416 e. The van der Waals surface area contributed by atoms with Crippen LogP contribution in [0.15, 0.2) is 77.7 Å². The Labute approximate surface area is 259 Å². The van der Waals surface area contributed by atoms with Crippen molar-refractivity contribution in [3.05, 3.63) is 94.0 Å². The van der Waals surface area contributed by atoms with Crippen LogP contribution in [-0.2, 0) is 32.3 Å². The molecule has 1 N–H and O–H groups in total. The molecule has 0 aromatic heterocycles. The van der Waals surface area contributed by atoms with Gasteiger partial charge in [-0.3, -0.25) is 13.9 Å². The quantitative estimate of drug-likeness (QED) is 0.232. The van der Waals surface area contributed by atoms with Crippen LogP contribution in [0.3, 0.4) is 0 Å². The van der Waals surface area contributed by atoms with E-state index in [1.54, 1.807) is 37.3 Å². The number of benzene rings is 3. The van der Waals surface area contributed by atoms with Gasteiger partial charge >= 0.3 is 6.18 Å². The van der Waals surface area contributed by atoms with E-state index >= 15 is 0 Å². The number of halogens is 5. The van der Waals surface area contributed by atoms with Crippen LogP contribution in [0.1, 0.15) is 38.3 Å². The lowest BCUT2D eigenvalue weighted by Gasteiger charge is -2.33. The molecule has 0 radical (unpaired) electrons. The molecular weight excluding hydrogens is 626 g/mol. The van der Waals surface area contributed by atoms with Gasteiger partial charge in [0.15, 0.2) is 0 Å². The molecule has 0 spiro atoms. The molecule has 0 heterocycles. The lowest BCUT2D eigenvalue weighted by Crippen LogP contribution is -2.52. The number of carbonyl (C=O) groups excluding carboxylic acids is 2. The lowest BCUT2D eigenvalue weighted by molar-refractivity contribution is -0.140. The Morgan fingerprint density at radius 3 is 2.14 bits per heavy atom. The fourth-order valence-corrected chi connectivity index (χ4v) is 6.18. The number of hydrogen-bond acceptors (Lipinski definition) is 4. The zero-order chi connectivity index (χ0) is 31.9. The summed E-state index contributed by atoms with van der Waals surface area (Å²) < 4.78 is 69.3. The fraction of sp³-hybridized carbons (Fsp3) is 0.333. The van der Waals surface area contributed by atoms with Crippen molar-refractivity contribution in [1.82, 2.24) is 10.2 Å². The van der Waals surface area contributed by atoms with Crippen molar-refractivity contribution in [2.75, 3.05) is 17.4 Å². The predicted octanol–water partition coefficient (Wildman–Crippen LogP) is 6.79. The van der Waals surface area contributed by atoms with E-state index in [0.29, 0.717) is 27.5 Å². The van der Waals surface area contributed by atoms with Crippen LogP contribution >= 0.6 is 23.2 Å². The van der Waals surface area contributed by atoms with Gasteiger partial charge in [0.05, 0.1) is 21.2 Å². The summed E-state index contributed by atoms with van der Waals surface area (Å²) in [5, 5.41) is 2.79. The molecule has 0 aliphatic heterocycles. The summed E-state index contributed by atoms with van der Waals surface area (Å²) in [5.74, 6) is -1.20. The number of rotatable bonds is 12. The molecule has 43 heavy (non-hydrogen) atoms. The van der Waals surface area contributed by atoms with E-state index in [4.69, 9.17) is 23.2 Å². The summed E-state index contributed by atoms with van der Waals surface area (Å²) in [4.78, 5) is 28.3. The van der Waals surface area contributed by atoms with Crippen molar-refractivity contribution >= 4 is 50.7 Å². The number of anilines is 1. The Morgan fingerprint density at radius 2 is 1.56 bits per heavy atom. The molecular formula is C30H32Cl2F3N3O4S. The van der Waals surface area contributed by atoms with Crippen molar-refractivity contribution in [3.8, 4) is 0 Å². The normalized spacial score (nSPS) is 12.6. The fourth-order valence-electron chi connectivity index (χ4n) is 4.27. The molecule has 2 amide bonds. The predicted molar refractivity (Wildman–Crippen MR) is 161 cm³/mol. The first-order valence-electron chi connectivity index (χ1n) is 13.4. The maximum absolute atomic E-state index is 14.1. The molecule has 232 valence electrons. The first kappa shape index (κ1) is 34.2. The number of carbonyl (C=O) groups is 2. The summed E-state index contributed by atoms with van der Waals surface area (Å²) >= 11 is 12.6. The Balaban J connectivity index is 2.15. The third-order valence-electron chi connectivity index (χ3n) is 6.52. The minimum absolute atomic E-state index is 0.115. The Bertz CT molecular complexity index is 1540. The second-order valence-electron chi connectivity index (χ2n) is 10.2. The largest absolute Gasteiger partial charge is 0.416 e. The van der Waals surface area contributed by atoms with Gasteiger partial charge in [0.1, 0.15) is 12.6 Å².